The first kappa shape index (κ1) is 19.0. The number of imide groups is 2. The SMILES string of the molecule is O=C1C2CC=CCC2C(=O)N1Cc1ccc(CN2C(=O)C3CC=CCC3C2=O)cc1. The Morgan fingerprint density at radius 2 is 0.800 bits per heavy atom. The first-order chi connectivity index (χ1) is 14.5. The Balaban J connectivity index is 1.25. The number of nitrogens with zero attached hydrogens (tertiary/aromatic N) is 2. The number of amides is 4. The topological polar surface area (TPSA) is 74.8 Å². The Morgan fingerprint density at radius 3 is 1.07 bits per heavy atom. The van der Waals surface area contributed by atoms with Gasteiger partial charge in [0.05, 0.1) is 36.8 Å². The molecule has 0 bridgehead atoms. The smallest absolute Gasteiger partial charge is 0.233 e. The lowest BCUT2D eigenvalue weighted by Crippen LogP contribution is -2.31. The molecule has 0 N–H and O–H groups in total. The van der Waals surface area contributed by atoms with E-state index in [0.29, 0.717) is 25.7 Å². The van der Waals surface area contributed by atoms with Crippen LogP contribution >= 0.6 is 0 Å². The number of fused-ring (bicyclic) bond motifs is 2. The summed E-state index contributed by atoms with van der Waals surface area (Å²) in [6.07, 6.45) is 10.5. The molecule has 4 atom stereocenters. The lowest BCUT2D eigenvalue weighted by atomic mass is 9.85. The lowest BCUT2D eigenvalue weighted by Gasteiger charge is -2.17. The van der Waals surface area contributed by atoms with Gasteiger partial charge in [-0.05, 0) is 36.8 Å². The van der Waals surface area contributed by atoms with Gasteiger partial charge in [0.2, 0.25) is 23.6 Å². The Kier molecular flexibility index (Phi) is 4.65. The van der Waals surface area contributed by atoms with E-state index in [4.69, 9.17) is 0 Å². The van der Waals surface area contributed by atoms with E-state index in [-0.39, 0.29) is 60.4 Å². The molecule has 1 aromatic rings. The molecule has 30 heavy (non-hydrogen) atoms. The largest absolute Gasteiger partial charge is 0.278 e. The molecule has 4 amide bonds. The van der Waals surface area contributed by atoms with Crippen LogP contribution in [0.15, 0.2) is 48.6 Å². The molecule has 1 aromatic carbocycles. The second kappa shape index (κ2) is 7.35. The number of carbonyl (C=O) groups excluding carboxylic acids is 4. The maximum atomic E-state index is 12.6. The van der Waals surface area contributed by atoms with Gasteiger partial charge in [-0.2, -0.15) is 0 Å². The standard InChI is InChI=1S/C24H24N2O4/c27-21-17-5-1-2-6-18(17)22(28)25(21)13-15-9-11-16(12-10-15)14-26-23(29)19-7-3-4-8-20(19)24(26)30/h1-4,9-12,17-20H,5-8,13-14H2. The molecule has 2 aliphatic carbocycles. The van der Waals surface area contributed by atoms with Crippen molar-refractivity contribution in [3.63, 3.8) is 0 Å². The molecule has 5 rings (SSSR count). The summed E-state index contributed by atoms with van der Waals surface area (Å²) >= 11 is 0. The Labute approximate surface area is 175 Å². The van der Waals surface area contributed by atoms with E-state index >= 15 is 0 Å². The number of carbonyl (C=O) groups is 4. The molecule has 0 spiro atoms. The van der Waals surface area contributed by atoms with E-state index in [1.165, 1.54) is 9.80 Å². The van der Waals surface area contributed by atoms with Gasteiger partial charge in [-0.1, -0.05) is 48.6 Å². The third-order valence-electron chi connectivity index (χ3n) is 6.90. The van der Waals surface area contributed by atoms with Crippen molar-refractivity contribution >= 4 is 23.6 Å². The first-order valence-corrected chi connectivity index (χ1v) is 10.6. The minimum Gasteiger partial charge on any atom is -0.278 e. The highest BCUT2D eigenvalue weighted by molar-refractivity contribution is 6.06. The molecule has 2 fully saturated rings. The van der Waals surface area contributed by atoms with E-state index in [0.717, 1.165) is 11.1 Å². The minimum atomic E-state index is -0.216. The van der Waals surface area contributed by atoms with Crippen molar-refractivity contribution in [2.75, 3.05) is 0 Å². The molecule has 4 unspecified atom stereocenters. The van der Waals surface area contributed by atoms with Gasteiger partial charge in [0.1, 0.15) is 0 Å². The molecule has 154 valence electrons. The second-order valence-corrected chi connectivity index (χ2v) is 8.65. The summed E-state index contributed by atoms with van der Waals surface area (Å²) in [7, 11) is 0. The molecule has 2 saturated heterocycles. The van der Waals surface area contributed by atoms with E-state index in [2.05, 4.69) is 0 Å². The average molecular weight is 404 g/mol. The zero-order valence-electron chi connectivity index (χ0n) is 16.7. The lowest BCUT2D eigenvalue weighted by molar-refractivity contribution is -0.142. The Bertz CT molecular complexity index is 846. The quantitative estimate of drug-likeness (QED) is 0.571. The van der Waals surface area contributed by atoms with Crippen LogP contribution in [0.5, 0.6) is 0 Å². The summed E-state index contributed by atoms with van der Waals surface area (Å²) in [6.45, 7) is 0.532. The maximum Gasteiger partial charge on any atom is 0.233 e. The van der Waals surface area contributed by atoms with Crippen LogP contribution in [0.2, 0.25) is 0 Å². The highest BCUT2D eigenvalue weighted by atomic mass is 16.2. The van der Waals surface area contributed by atoms with Gasteiger partial charge in [0.15, 0.2) is 0 Å². The number of rotatable bonds is 4. The molecular formula is C24H24N2O4. The van der Waals surface area contributed by atoms with Gasteiger partial charge < -0.3 is 0 Å². The summed E-state index contributed by atoms with van der Waals surface area (Å²) in [6, 6.07) is 7.48. The van der Waals surface area contributed by atoms with Crippen LogP contribution in [0.3, 0.4) is 0 Å². The van der Waals surface area contributed by atoms with E-state index in [9.17, 15) is 19.2 Å². The molecule has 6 heteroatoms. The van der Waals surface area contributed by atoms with Crippen LogP contribution in [0.25, 0.3) is 0 Å². The fraction of sp³-hybridized carbons (Fsp3) is 0.417. The fourth-order valence-corrected chi connectivity index (χ4v) is 5.16. The zero-order chi connectivity index (χ0) is 20.8. The van der Waals surface area contributed by atoms with Crippen molar-refractivity contribution < 1.29 is 19.2 Å². The second-order valence-electron chi connectivity index (χ2n) is 8.65. The number of allylic oxidation sites excluding steroid dienone is 4. The van der Waals surface area contributed by atoms with Gasteiger partial charge in [-0.15, -0.1) is 0 Å². The summed E-state index contributed by atoms with van der Waals surface area (Å²) in [4.78, 5) is 53.3. The third-order valence-corrected chi connectivity index (χ3v) is 6.90. The van der Waals surface area contributed by atoms with Crippen LogP contribution in [0.4, 0.5) is 0 Å². The Morgan fingerprint density at radius 1 is 0.533 bits per heavy atom. The summed E-state index contributed by atoms with van der Waals surface area (Å²) in [5.41, 5.74) is 1.73. The summed E-state index contributed by atoms with van der Waals surface area (Å²) < 4.78 is 0. The molecule has 2 aliphatic heterocycles. The number of likely N-dealkylation sites (tertiary alicyclic amines) is 2. The van der Waals surface area contributed by atoms with Crippen LogP contribution in [-0.2, 0) is 32.3 Å². The molecule has 4 aliphatic rings. The maximum absolute atomic E-state index is 12.6. The van der Waals surface area contributed by atoms with Crippen molar-refractivity contribution in [2.24, 2.45) is 23.7 Å². The van der Waals surface area contributed by atoms with Gasteiger partial charge in [-0.25, -0.2) is 0 Å². The predicted octanol–water partition coefficient (Wildman–Crippen LogP) is 2.59. The van der Waals surface area contributed by atoms with E-state index in [1.807, 2.05) is 48.6 Å². The molecule has 0 radical (unpaired) electrons. The van der Waals surface area contributed by atoms with E-state index in [1.54, 1.807) is 0 Å². The molecule has 2 heterocycles. The monoisotopic (exact) mass is 404 g/mol. The van der Waals surface area contributed by atoms with Crippen molar-refractivity contribution in [1.29, 1.82) is 0 Å². The van der Waals surface area contributed by atoms with Crippen LogP contribution < -0.4 is 0 Å². The third kappa shape index (κ3) is 3.02. The van der Waals surface area contributed by atoms with Crippen molar-refractivity contribution in [1.82, 2.24) is 9.80 Å². The van der Waals surface area contributed by atoms with Gasteiger partial charge >= 0.3 is 0 Å². The molecule has 0 saturated carbocycles. The number of benzene rings is 1. The molecular weight excluding hydrogens is 380 g/mol. The van der Waals surface area contributed by atoms with Gasteiger partial charge in [0.25, 0.3) is 0 Å². The predicted molar refractivity (Wildman–Crippen MR) is 108 cm³/mol. The fourth-order valence-electron chi connectivity index (χ4n) is 5.16. The van der Waals surface area contributed by atoms with Crippen molar-refractivity contribution in [3.8, 4) is 0 Å². The summed E-state index contributed by atoms with van der Waals surface area (Å²) in [5.74, 6) is -1.19. The van der Waals surface area contributed by atoms with Crippen LogP contribution in [-0.4, -0.2) is 33.4 Å². The van der Waals surface area contributed by atoms with Gasteiger partial charge in [0, 0.05) is 0 Å². The number of hydrogen-bond acceptors (Lipinski definition) is 4. The normalized spacial score (nSPS) is 30.3. The molecule has 0 aromatic heterocycles. The highest BCUT2D eigenvalue weighted by Crippen LogP contribution is 2.37. The van der Waals surface area contributed by atoms with E-state index < -0.39 is 0 Å². The van der Waals surface area contributed by atoms with Crippen molar-refractivity contribution in [3.05, 3.63) is 59.7 Å². The van der Waals surface area contributed by atoms with Crippen LogP contribution in [0, 0.1) is 23.7 Å². The van der Waals surface area contributed by atoms with Crippen molar-refractivity contribution in [2.45, 2.75) is 38.8 Å². The van der Waals surface area contributed by atoms with Crippen LogP contribution in [0.1, 0.15) is 36.8 Å². The Hall–Kier alpha value is -3.02. The minimum absolute atomic E-state index is 0.0806. The number of hydrogen-bond donors (Lipinski definition) is 0. The van der Waals surface area contributed by atoms with Gasteiger partial charge in [-0.3, -0.25) is 29.0 Å². The summed E-state index contributed by atoms with van der Waals surface area (Å²) in [5, 5.41) is 0. The molecule has 6 nitrogen and oxygen atoms in total. The average Bonchev–Trinajstić information content (AvgIpc) is 3.16. The first-order valence-electron chi connectivity index (χ1n) is 10.6. The zero-order valence-corrected chi connectivity index (χ0v) is 16.7. The highest BCUT2D eigenvalue weighted by Gasteiger charge is 2.48.